The molecule has 0 radical (unpaired) electrons. The molecule has 0 aliphatic heterocycles. The minimum atomic E-state index is -4.59. The van der Waals surface area contributed by atoms with Crippen LogP contribution in [0.4, 0.5) is 39.0 Å². The highest BCUT2D eigenvalue weighted by molar-refractivity contribution is 6.28. The van der Waals surface area contributed by atoms with Crippen LogP contribution in [0.3, 0.4) is 0 Å². The van der Waals surface area contributed by atoms with E-state index in [-0.39, 0.29) is 34.1 Å². The number of hydrogen-bond acceptors (Lipinski definition) is 5. The van der Waals surface area contributed by atoms with Gasteiger partial charge in [-0.15, -0.1) is 0 Å². The summed E-state index contributed by atoms with van der Waals surface area (Å²) in [7, 11) is 1.29. The van der Waals surface area contributed by atoms with Gasteiger partial charge in [0.1, 0.15) is 17.2 Å². The molecule has 232 valence electrons. The Bertz CT molecular complexity index is 1700. The summed E-state index contributed by atoms with van der Waals surface area (Å²) < 4.78 is 78.1. The van der Waals surface area contributed by atoms with Gasteiger partial charge in [0.2, 0.25) is 0 Å². The van der Waals surface area contributed by atoms with Gasteiger partial charge in [0.25, 0.3) is 17.7 Å². The highest BCUT2D eigenvalue weighted by Crippen LogP contribution is 2.31. The van der Waals surface area contributed by atoms with Crippen LogP contribution in [-0.4, -0.2) is 31.4 Å². The van der Waals surface area contributed by atoms with Crippen molar-refractivity contribution in [3.63, 3.8) is 0 Å². The third-order valence-corrected chi connectivity index (χ3v) is 6.06. The summed E-state index contributed by atoms with van der Waals surface area (Å²) in [6.45, 7) is -0.594. The zero-order valence-electron chi connectivity index (χ0n) is 23.4. The van der Waals surface area contributed by atoms with Crippen molar-refractivity contribution < 1.29 is 45.8 Å². The van der Waals surface area contributed by atoms with E-state index in [1.165, 1.54) is 67.8 Å². The topological polar surface area (TPSA) is 106 Å². The minimum absolute atomic E-state index is 0.0574. The number of benzene rings is 4. The lowest BCUT2D eigenvalue weighted by Crippen LogP contribution is -2.26. The number of para-hydroxylation sites is 2. The molecule has 0 heterocycles. The van der Waals surface area contributed by atoms with Crippen molar-refractivity contribution in [2.24, 2.45) is 0 Å². The number of carbonyl (C=O) groups is 3. The molecule has 45 heavy (non-hydrogen) atoms. The molecule has 4 aromatic rings. The van der Waals surface area contributed by atoms with Crippen molar-refractivity contribution in [1.29, 1.82) is 0 Å². The number of ether oxygens (including phenoxy) is 2. The van der Waals surface area contributed by atoms with Crippen molar-refractivity contribution >= 4 is 40.9 Å². The van der Waals surface area contributed by atoms with E-state index in [0.29, 0.717) is 0 Å². The molecule has 0 bridgehead atoms. The average Bonchev–Trinajstić information content (AvgIpc) is 3.01. The summed E-state index contributed by atoms with van der Waals surface area (Å²) in [5.74, 6) is -4.13. The normalized spacial score (nSPS) is 10.8. The summed E-state index contributed by atoms with van der Waals surface area (Å²) in [4.78, 5) is 38.6. The largest absolute Gasteiger partial charge is 0.493 e. The molecule has 0 spiro atoms. The Morgan fingerprint density at radius 2 is 1.33 bits per heavy atom. The van der Waals surface area contributed by atoms with E-state index >= 15 is 0 Å². The number of amides is 3. The van der Waals surface area contributed by atoms with Crippen molar-refractivity contribution in [1.82, 2.24) is 0 Å². The number of rotatable bonds is 10. The molecule has 0 aromatic heterocycles. The molecule has 3 amide bonds. The predicted molar refractivity (Wildman–Crippen MR) is 157 cm³/mol. The molecule has 13 heteroatoms. The van der Waals surface area contributed by atoms with Crippen LogP contribution < -0.4 is 25.4 Å². The van der Waals surface area contributed by atoms with Gasteiger partial charge in [0.15, 0.2) is 18.1 Å². The number of halogens is 5. The third-order valence-electron chi connectivity index (χ3n) is 6.06. The van der Waals surface area contributed by atoms with Crippen LogP contribution in [0.1, 0.15) is 11.1 Å². The van der Waals surface area contributed by atoms with Crippen LogP contribution in [0.25, 0.3) is 6.08 Å². The number of anilines is 3. The van der Waals surface area contributed by atoms with Gasteiger partial charge < -0.3 is 25.4 Å². The Kier molecular flexibility index (Phi) is 10.1. The molecule has 0 aliphatic carbocycles. The molecule has 4 aromatic carbocycles. The van der Waals surface area contributed by atoms with Gasteiger partial charge >= 0.3 is 6.18 Å². The first kappa shape index (κ1) is 32.2. The van der Waals surface area contributed by atoms with Crippen LogP contribution >= 0.6 is 0 Å². The van der Waals surface area contributed by atoms with Crippen LogP contribution in [-0.2, 0) is 20.6 Å². The van der Waals surface area contributed by atoms with E-state index in [4.69, 9.17) is 9.47 Å². The number of hydrogen-bond donors (Lipinski definition) is 3. The fourth-order valence-corrected chi connectivity index (χ4v) is 3.91. The molecular weight excluding hydrogens is 601 g/mol. The van der Waals surface area contributed by atoms with E-state index in [0.717, 1.165) is 36.4 Å². The van der Waals surface area contributed by atoms with E-state index < -0.39 is 53.3 Å². The van der Waals surface area contributed by atoms with Crippen LogP contribution in [0.2, 0.25) is 0 Å². The van der Waals surface area contributed by atoms with Crippen LogP contribution in [0.5, 0.6) is 11.5 Å². The van der Waals surface area contributed by atoms with Gasteiger partial charge in [-0.2, -0.15) is 13.2 Å². The van der Waals surface area contributed by atoms with Gasteiger partial charge in [-0.25, -0.2) is 8.78 Å². The Morgan fingerprint density at radius 1 is 0.733 bits per heavy atom. The molecule has 4 rings (SSSR count). The molecule has 0 saturated carbocycles. The number of carbonyl (C=O) groups excluding carboxylic acids is 3. The first-order valence-electron chi connectivity index (χ1n) is 13.1. The maximum Gasteiger partial charge on any atom is 0.416 e. The zero-order chi connectivity index (χ0) is 32.6. The van der Waals surface area contributed by atoms with Crippen LogP contribution in [0.15, 0.2) is 96.6 Å². The van der Waals surface area contributed by atoms with Crippen molar-refractivity contribution in [2.45, 2.75) is 6.18 Å². The molecular formula is C32H24F5N3O5. The lowest BCUT2D eigenvalue weighted by Gasteiger charge is -2.13. The molecule has 8 nitrogen and oxygen atoms in total. The first-order valence-corrected chi connectivity index (χ1v) is 13.1. The monoisotopic (exact) mass is 625 g/mol. The average molecular weight is 626 g/mol. The predicted octanol–water partition coefficient (Wildman–Crippen LogP) is 6.67. The zero-order valence-corrected chi connectivity index (χ0v) is 23.4. The molecule has 3 N–H and O–H groups in total. The second-order valence-electron chi connectivity index (χ2n) is 9.25. The summed E-state index contributed by atoms with van der Waals surface area (Å²) >= 11 is 0. The smallest absolute Gasteiger partial charge is 0.416 e. The lowest BCUT2D eigenvalue weighted by molar-refractivity contribution is -0.137. The van der Waals surface area contributed by atoms with E-state index in [9.17, 15) is 36.3 Å². The van der Waals surface area contributed by atoms with Crippen molar-refractivity contribution in [3.8, 4) is 11.5 Å². The highest BCUT2D eigenvalue weighted by Gasteiger charge is 2.30. The Morgan fingerprint density at radius 3 is 1.89 bits per heavy atom. The fourth-order valence-electron chi connectivity index (χ4n) is 3.91. The van der Waals surface area contributed by atoms with Gasteiger partial charge in [-0.1, -0.05) is 36.4 Å². The Labute approximate surface area is 253 Å². The second kappa shape index (κ2) is 14.2. The number of alkyl halides is 3. The fraction of sp³-hybridized carbons (Fsp3) is 0.0938. The SMILES string of the molecule is COc1cc(C=C(C(=O)Nc2ccccc2F)C(=O)Nc2ccccc2F)ccc1OCC(=O)Nc1cccc(C(F)(F)F)c1. The standard InChI is InChI=1S/C32H24F5N3O5/c1-44-28-16-19(13-14-27(28)45-18-29(41)38-21-8-6-7-20(17-21)32(35,36)37)15-22(30(42)39-25-11-4-2-9-23(25)33)31(43)40-26-12-5-3-10-24(26)34/h2-17H,18H2,1H3,(H,38,41)(H,39,42)(H,40,43). The van der Waals surface area contributed by atoms with Gasteiger partial charge in [0, 0.05) is 5.69 Å². The lowest BCUT2D eigenvalue weighted by atomic mass is 10.1. The van der Waals surface area contributed by atoms with E-state index in [2.05, 4.69) is 16.0 Å². The maximum absolute atomic E-state index is 14.2. The molecule has 0 saturated heterocycles. The Balaban J connectivity index is 1.54. The molecule has 0 atom stereocenters. The summed E-state index contributed by atoms with van der Waals surface area (Å²) in [5.41, 5.74) is -1.70. The quantitative estimate of drug-likeness (QED) is 0.0791. The van der Waals surface area contributed by atoms with Crippen LogP contribution in [0, 0.1) is 11.6 Å². The molecule has 0 aliphatic rings. The minimum Gasteiger partial charge on any atom is -0.493 e. The van der Waals surface area contributed by atoms with Gasteiger partial charge in [-0.3, -0.25) is 14.4 Å². The second-order valence-corrected chi connectivity index (χ2v) is 9.25. The van der Waals surface area contributed by atoms with Crippen molar-refractivity contribution in [3.05, 3.63) is 119 Å². The number of methoxy groups -OCH3 is 1. The summed E-state index contributed by atoms with van der Waals surface area (Å²) in [6.07, 6.45) is -3.43. The molecule has 0 unspecified atom stereocenters. The maximum atomic E-state index is 14.2. The summed E-state index contributed by atoms with van der Waals surface area (Å²) in [5, 5.41) is 6.95. The first-order chi connectivity index (χ1) is 21.4. The van der Waals surface area contributed by atoms with E-state index in [1.54, 1.807) is 0 Å². The van der Waals surface area contributed by atoms with Gasteiger partial charge in [-0.05, 0) is 66.2 Å². The summed E-state index contributed by atoms with van der Waals surface area (Å²) in [6, 6.07) is 18.8. The van der Waals surface area contributed by atoms with Crippen molar-refractivity contribution in [2.75, 3.05) is 29.7 Å². The highest BCUT2D eigenvalue weighted by atomic mass is 19.4. The van der Waals surface area contributed by atoms with E-state index in [1.807, 2.05) is 0 Å². The third kappa shape index (κ3) is 8.66. The van der Waals surface area contributed by atoms with Gasteiger partial charge in [0.05, 0.1) is 24.0 Å². The Hall–Kier alpha value is -5.72. The number of nitrogens with one attached hydrogen (secondary N) is 3. The molecule has 0 fully saturated rings.